The van der Waals surface area contributed by atoms with E-state index < -0.39 is 105 Å². The van der Waals surface area contributed by atoms with E-state index in [-0.39, 0.29) is 12.0 Å². The fourth-order valence-electron chi connectivity index (χ4n) is 4.77. The molecule has 0 amide bonds. The lowest BCUT2D eigenvalue weighted by atomic mass is 9.78. The Morgan fingerprint density at radius 1 is 0.794 bits per heavy atom. The van der Waals surface area contributed by atoms with Gasteiger partial charge in [0.15, 0.2) is 6.29 Å². The fourth-order valence-corrected chi connectivity index (χ4v) is 4.77. The summed E-state index contributed by atoms with van der Waals surface area (Å²) < 4.78 is 10.9. The van der Waals surface area contributed by atoms with E-state index in [0.29, 0.717) is 0 Å². The van der Waals surface area contributed by atoms with E-state index in [4.69, 9.17) is 9.47 Å². The molecule has 12 N–H and O–H groups in total. The Kier molecular flexibility index (Phi) is 9.38. The molecule has 3 rings (SSSR count). The second-order valence-electron chi connectivity index (χ2n) is 9.08. The predicted molar refractivity (Wildman–Crippen MR) is 110 cm³/mol. The van der Waals surface area contributed by atoms with Gasteiger partial charge in [-0.3, -0.25) is 0 Å². The maximum atomic E-state index is 10.7. The third-order valence-corrected chi connectivity index (χ3v) is 6.90. The minimum absolute atomic E-state index is 0.0129. The normalized spacial score (nSPS) is 50.1. The van der Waals surface area contributed by atoms with Gasteiger partial charge in [0.25, 0.3) is 0 Å². The second-order valence-corrected chi connectivity index (χ2v) is 9.08. The van der Waals surface area contributed by atoms with Crippen molar-refractivity contribution in [3.8, 4) is 0 Å². The molecule has 0 radical (unpaired) electrons. The van der Waals surface area contributed by atoms with Gasteiger partial charge in [-0.25, -0.2) is 0 Å². The van der Waals surface area contributed by atoms with Gasteiger partial charge in [0, 0.05) is 18.6 Å². The van der Waals surface area contributed by atoms with E-state index in [2.05, 4.69) is 5.32 Å². The first kappa shape index (κ1) is 27.8. The van der Waals surface area contributed by atoms with Gasteiger partial charge in [0.2, 0.25) is 0 Å². The summed E-state index contributed by atoms with van der Waals surface area (Å²) in [5, 5.41) is 113. The predicted octanol–water partition coefficient (Wildman–Crippen LogP) is -6.75. The number of aliphatic hydroxyl groups excluding tert-OH is 11. The van der Waals surface area contributed by atoms with E-state index in [1.165, 1.54) is 6.08 Å². The molecule has 2 aliphatic carbocycles. The molecule has 34 heavy (non-hydrogen) atoms. The number of ether oxygens (including phenoxy) is 2. The zero-order valence-corrected chi connectivity index (χ0v) is 18.2. The van der Waals surface area contributed by atoms with Gasteiger partial charge in [-0.05, 0) is 12.0 Å². The Morgan fingerprint density at radius 3 is 2.06 bits per heavy atom. The van der Waals surface area contributed by atoms with E-state index in [1.54, 1.807) is 0 Å². The molecule has 0 aromatic carbocycles. The van der Waals surface area contributed by atoms with E-state index >= 15 is 0 Å². The van der Waals surface area contributed by atoms with Gasteiger partial charge in [0.1, 0.15) is 48.8 Å². The van der Waals surface area contributed by atoms with Crippen LogP contribution in [0.5, 0.6) is 0 Å². The molecule has 3 aliphatic rings. The molecular formula is C20H35NO13. The first-order chi connectivity index (χ1) is 16.0. The molecule has 1 heterocycles. The SMILES string of the molecule is OCC1=C[C@H](N[C@H]2C[C@H](CO)[C@@H](O[C@@H]3OC(CO)[C@@H](O)C(O)C3O)[C@H](O)C2O)[C@H](O)[C@@H](O)[C@@H]1O. The van der Waals surface area contributed by atoms with Crippen molar-refractivity contribution in [1.29, 1.82) is 0 Å². The number of hydrogen-bond donors (Lipinski definition) is 12. The molecule has 1 aliphatic heterocycles. The summed E-state index contributed by atoms with van der Waals surface area (Å²) in [4.78, 5) is 0. The van der Waals surface area contributed by atoms with Crippen LogP contribution in [0.15, 0.2) is 11.6 Å². The van der Waals surface area contributed by atoms with Crippen LogP contribution in [-0.2, 0) is 9.47 Å². The van der Waals surface area contributed by atoms with Crippen LogP contribution in [0.4, 0.5) is 0 Å². The smallest absolute Gasteiger partial charge is 0.187 e. The summed E-state index contributed by atoms with van der Waals surface area (Å²) in [5.41, 5.74) is 0.0590. The summed E-state index contributed by atoms with van der Waals surface area (Å²) >= 11 is 0. The summed E-state index contributed by atoms with van der Waals surface area (Å²) in [6, 6.07) is -1.94. The largest absolute Gasteiger partial charge is 0.396 e. The van der Waals surface area contributed by atoms with E-state index in [1.807, 2.05) is 0 Å². The van der Waals surface area contributed by atoms with Gasteiger partial charge in [0.05, 0.1) is 31.5 Å². The summed E-state index contributed by atoms with van der Waals surface area (Å²) in [6.45, 7) is -1.80. The van der Waals surface area contributed by atoms with Crippen molar-refractivity contribution in [3.05, 3.63) is 11.6 Å². The highest BCUT2D eigenvalue weighted by Crippen LogP contribution is 2.33. The van der Waals surface area contributed by atoms with Crippen molar-refractivity contribution in [2.45, 2.75) is 85.8 Å². The number of aliphatic hydroxyl groups is 11. The lowest BCUT2D eigenvalue weighted by Gasteiger charge is -2.47. The van der Waals surface area contributed by atoms with Gasteiger partial charge in [-0.2, -0.15) is 0 Å². The molecule has 14 atom stereocenters. The molecular weight excluding hydrogens is 462 g/mol. The number of rotatable bonds is 7. The van der Waals surface area contributed by atoms with Crippen LogP contribution in [-0.4, -0.2) is 155 Å². The molecule has 0 bridgehead atoms. The van der Waals surface area contributed by atoms with Crippen molar-refractivity contribution in [3.63, 3.8) is 0 Å². The second kappa shape index (κ2) is 11.5. The molecule has 1 saturated heterocycles. The van der Waals surface area contributed by atoms with Crippen LogP contribution < -0.4 is 5.32 Å². The van der Waals surface area contributed by atoms with Gasteiger partial charge in [-0.15, -0.1) is 0 Å². The summed E-state index contributed by atoms with van der Waals surface area (Å²) in [6.07, 6.45) is -15.7. The Bertz CT molecular complexity index is 693. The maximum absolute atomic E-state index is 10.7. The summed E-state index contributed by atoms with van der Waals surface area (Å²) in [7, 11) is 0. The van der Waals surface area contributed by atoms with Gasteiger partial charge in [-0.1, -0.05) is 6.08 Å². The van der Waals surface area contributed by atoms with Crippen molar-refractivity contribution in [2.24, 2.45) is 5.92 Å². The first-order valence-electron chi connectivity index (χ1n) is 11.1. The zero-order valence-electron chi connectivity index (χ0n) is 18.2. The third kappa shape index (κ3) is 5.30. The molecule has 14 nitrogen and oxygen atoms in total. The fraction of sp³-hybridized carbons (Fsp3) is 0.900. The highest BCUT2D eigenvalue weighted by Gasteiger charge is 2.50. The van der Waals surface area contributed by atoms with Crippen molar-refractivity contribution in [1.82, 2.24) is 5.32 Å². The van der Waals surface area contributed by atoms with E-state index in [0.717, 1.165) is 0 Å². The lowest BCUT2D eigenvalue weighted by molar-refractivity contribution is -0.328. The molecule has 1 saturated carbocycles. The van der Waals surface area contributed by atoms with Crippen LogP contribution >= 0.6 is 0 Å². The number of hydrogen-bond acceptors (Lipinski definition) is 14. The van der Waals surface area contributed by atoms with Crippen molar-refractivity contribution in [2.75, 3.05) is 19.8 Å². The molecule has 0 spiro atoms. The minimum Gasteiger partial charge on any atom is -0.396 e. The third-order valence-electron chi connectivity index (χ3n) is 6.90. The van der Waals surface area contributed by atoms with Gasteiger partial charge >= 0.3 is 0 Å². The molecule has 14 heteroatoms. The van der Waals surface area contributed by atoms with Gasteiger partial charge < -0.3 is 71.0 Å². The standard InChI is InChI=1S/C20H35NO13/c22-3-6-1-8(12(26)15(29)11(6)25)21-9-2-7(4-23)19(17(31)13(9)27)34-20-18(32)16(30)14(28)10(5-24)33-20/h1,7-32H,2-5H2/t7-,8+,9+,10?,11-,12+,13?,14-,15+,16?,17-,18?,19-,20+/m1/s1. The highest BCUT2D eigenvalue weighted by atomic mass is 16.7. The van der Waals surface area contributed by atoms with Crippen LogP contribution in [0.25, 0.3) is 0 Å². The van der Waals surface area contributed by atoms with Crippen molar-refractivity contribution < 1.29 is 65.6 Å². The molecule has 4 unspecified atom stereocenters. The van der Waals surface area contributed by atoms with Crippen molar-refractivity contribution >= 4 is 0 Å². The Hall–Kier alpha value is -0.820. The average Bonchev–Trinajstić information content (AvgIpc) is 2.83. The molecule has 198 valence electrons. The Morgan fingerprint density at radius 2 is 1.47 bits per heavy atom. The quantitative estimate of drug-likeness (QED) is 0.146. The molecule has 2 fully saturated rings. The zero-order chi connectivity index (χ0) is 25.3. The van der Waals surface area contributed by atoms with Crippen LogP contribution in [0, 0.1) is 5.92 Å². The minimum atomic E-state index is -1.75. The topological polar surface area (TPSA) is 253 Å². The monoisotopic (exact) mass is 497 g/mol. The number of nitrogens with one attached hydrogen (secondary N) is 1. The Balaban J connectivity index is 1.73. The van der Waals surface area contributed by atoms with E-state index in [9.17, 15) is 56.2 Å². The first-order valence-corrected chi connectivity index (χ1v) is 11.1. The lowest BCUT2D eigenvalue weighted by Crippen LogP contribution is -2.66. The van der Waals surface area contributed by atoms with Crippen LogP contribution in [0.3, 0.4) is 0 Å². The molecule has 0 aromatic heterocycles. The Labute approximate surface area is 194 Å². The maximum Gasteiger partial charge on any atom is 0.187 e. The van der Waals surface area contributed by atoms with Crippen LogP contribution in [0.2, 0.25) is 0 Å². The molecule has 0 aromatic rings. The van der Waals surface area contributed by atoms with Crippen LogP contribution in [0.1, 0.15) is 6.42 Å². The summed E-state index contributed by atoms with van der Waals surface area (Å²) in [5.74, 6) is -0.833. The average molecular weight is 497 g/mol. The highest BCUT2D eigenvalue weighted by molar-refractivity contribution is 5.22.